The van der Waals surface area contributed by atoms with Crippen LogP contribution in [0, 0.1) is 5.82 Å². The molecule has 1 N–H and O–H groups in total. The summed E-state index contributed by atoms with van der Waals surface area (Å²) in [6.07, 6.45) is 1.00. The van der Waals surface area contributed by atoms with E-state index in [2.05, 4.69) is 10.1 Å². The van der Waals surface area contributed by atoms with Gasteiger partial charge in [-0.25, -0.2) is 9.37 Å². The molecule has 19 heavy (non-hydrogen) atoms. The van der Waals surface area contributed by atoms with E-state index < -0.39 is 11.9 Å². The highest BCUT2D eigenvalue weighted by Crippen LogP contribution is 2.24. The minimum absolute atomic E-state index is 0.119. The minimum atomic E-state index is -0.774. The average molecular weight is 265 g/mol. The molecule has 1 aromatic carbocycles. The van der Waals surface area contributed by atoms with E-state index in [-0.39, 0.29) is 5.75 Å². The van der Waals surface area contributed by atoms with E-state index in [0.717, 1.165) is 0 Å². The smallest absolute Gasteiger partial charge is 0.165 e. The van der Waals surface area contributed by atoms with Crippen molar-refractivity contribution in [2.24, 2.45) is 0 Å². The lowest BCUT2D eigenvalue weighted by atomic mass is 10.1. The Morgan fingerprint density at radius 2 is 2.26 bits per heavy atom. The first kappa shape index (κ1) is 13.5. The Kier molecular flexibility index (Phi) is 4.11. The van der Waals surface area contributed by atoms with Crippen molar-refractivity contribution in [3.63, 3.8) is 0 Å². The number of halogens is 1. The van der Waals surface area contributed by atoms with Gasteiger partial charge in [-0.05, 0) is 24.6 Å². The Morgan fingerprint density at radius 1 is 1.47 bits per heavy atom. The molecule has 1 unspecified atom stereocenters. The normalized spacial score (nSPS) is 12.4. The molecule has 1 heterocycles. The van der Waals surface area contributed by atoms with Crippen LogP contribution < -0.4 is 4.74 Å². The predicted octanol–water partition coefficient (Wildman–Crippen LogP) is 1.72. The van der Waals surface area contributed by atoms with Gasteiger partial charge >= 0.3 is 0 Å². The van der Waals surface area contributed by atoms with E-state index in [1.54, 1.807) is 4.68 Å². The molecule has 0 bridgehead atoms. The second kappa shape index (κ2) is 5.79. The van der Waals surface area contributed by atoms with Crippen molar-refractivity contribution in [1.29, 1.82) is 0 Å². The largest absolute Gasteiger partial charge is 0.494 e. The topological polar surface area (TPSA) is 60.2 Å². The number of nitrogens with zero attached hydrogens (tertiary/aromatic N) is 3. The number of benzene rings is 1. The Labute approximate surface area is 110 Å². The molecule has 0 fully saturated rings. The Balaban J connectivity index is 2.18. The van der Waals surface area contributed by atoms with Crippen molar-refractivity contribution in [1.82, 2.24) is 14.8 Å². The second-order valence-corrected chi connectivity index (χ2v) is 4.11. The van der Waals surface area contributed by atoms with Crippen LogP contribution in [-0.2, 0) is 13.0 Å². The van der Waals surface area contributed by atoms with Crippen LogP contribution in [0.2, 0.25) is 0 Å². The zero-order valence-electron chi connectivity index (χ0n) is 10.9. The maximum absolute atomic E-state index is 13.3. The molecule has 1 atom stereocenters. The summed E-state index contributed by atoms with van der Waals surface area (Å²) in [5.74, 6) is 0.363. The highest BCUT2D eigenvalue weighted by molar-refractivity contribution is 5.31. The third-order valence-corrected chi connectivity index (χ3v) is 2.93. The van der Waals surface area contributed by atoms with Gasteiger partial charge in [0, 0.05) is 13.0 Å². The van der Waals surface area contributed by atoms with Gasteiger partial charge < -0.3 is 9.84 Å². The first-order chi connectivity index (χ1) is 9.15. The summed E-state index contributed by atoms with van der Waals surface area (Å²) in [6, 6.07) is 4.31. The lowest BCUT2D eigenvalue weighted by Crippen LogP contribution is -2.09. The van der Waals surface area contributed by atoms with Gasteiger partial charge in [-0.15, -0.1) is 0 Å². The zero-order chi connectivity index (χ0) is 13.8. The van der Waals surface area contributed by atoms with Crippen LogP contribution in [0.15, 0.2) is 24.5 Å². The quantitative estimate of drug-likeness (QED) is 0.894. The average Bonchev–Trinajstić information content (AvgIpc) is 2.86. The maximum Gasteiger partial charge on any atom is 0.165 e. The maximum atomic E-state index is 13.3. The number of aliphatic hydroxyl groups is 1. The highest BCUT2D eigenvalue weighted by atomic mass is 19.1. The molecule has 1 aromatic heterocycles. The molecule has 2 aromatic rings. The number of aromatic nitrogens is 3. The van der Waals surface area contributed by atoms with Crippen LogP contribution in [0.4, 0.5) is 4.39 Å². The molecule has 6 heteroatoms. The van der Waals surface area contributed by atoms with E-state index >= 15 is 0 Å². The summed E-state index contributed by atoms with van der Waals surface area (Å²) < 4.78 is 19.9. The van der Waals surface area contributed by atoms with Crippen LogP contribution >= 0.6 is 0 Å². The molecule has 0 saturated heterocycles. The minimum Gasteiger partial charge on any atom is -0.494 e. The molecule has 0 aliphatic rings. The van der Waals surface area contributed by atoms with Crippen molar-refractivity contribution in [3.8, 4) is 5.75 Å². The molecule has 5 nitrogen and oxygen atoms in total. The van der Waals surface area contributed by atoms with Crippen molar-refractivity contribution < 1.29 is 14.2 Å². The standard InChI is InChI=1S/C13H16FN3O2/c1-3-17-13(15-8-16-17)7-11(18)9-4-5-10(14)12(6-9)19-2/h4-6,8,11,18H,3,7H2,1-2H3. The molecular weight excluding hydrogens is 249 g/mol. The van der Waals surface area contributed by atoms with E-state index in [4.69, 9.17) is 4.74 Å². The van der Waals surface area contributed by atoms with Gasteiger partial charge in [0.05, 0.1) is 13.2 Å². The van der Waals surface area contributed by atoms with Gasteiger partial charge in [0.1, 0.15) is 12.2 Å². The van der Waals surface area contributed by atoms with Crippen molar-refractivity contribution in [2.45, 2.75) is 26.0 Å². The summed E-state index contributed by atoms with van der Waals surface area (Å²) in [5, 5.41) is 14.2. The van der Waals surface area contributed by atoms with Crippen LogP contribution in [0.3, 0.4) is 0 Å². The molecule has 2 rings (SSSR count). The fourth-order valence-electron chi connectivity index (χ4n) is 1.88. The second-order valence-electron chi connectivity index (χ2n) is 4.11. The van der Waals surface area contributed by atoms with Crippen LogP contribution in [0.25, 0.3) is 0 Å². The van der Waals surface area contributed by atoms with Gasteiger partial charge in [-0.1, -0.05) is 6.07 Å². The zero-order valence-corrected chi connectivity index (χ0v) is 10.9. The third kappa shape index (κ3) is 2.90. The van der Waals surface area contributed by atoms with Crippen LogP contribution in [-0.4, -0.2) is 27.0 Å². The summed E-state index contributed by atoms with van der Waals surface area (Å²) in [6.45, 7) is 2.64. The Morgan fingerprint density at radius 3 is 2.95 bits per heavy atom. The lowest BCUT2D eigenvalue weighted by molar-refractivity contribution is 0.173. The highest BCUT2D eigenvalue weighted by Gasteiger charge is 2.15. The number of aryl methyl sites for hydroxylation is 1. The number of ether oxygens (including phenoxy) is 1. The molecule has 102 valence electrons. The van der Waals surface area contributed by atoms with Gasteiger partial charge in [0.2, 0.25) is 0 Å². The molecule has 0 aliphatic carbocycles. The molecular formula is C13H16FN3O2. The number of hydrogen-bond acceptors (Lipinski definition) is 4. The number of methoxy groups -OCH3 is 1. The molecule has 0 spiro atoms. The summed E-state index contributed by atoms with van der Waals surface area (Å²) >= 11 is 0. The molecule has 0 amide bonds. The first-order valence-corrected chi connectivity index (χ1v) is 6.04. The number of rotatable bonds is 5. The van der Waals surface area contributed by atoms with Gasteiger partial charge in [-0.2, -0.15) is 5.10 Å². The van der Waals surface area contributed by atoms with E-state index in [0.29, 0.717) is 24.4 Å². The molecule has 0 saturated carbocycles. The van der Waals surface area contributed by atoms with E-state index in [1.165, 1.54) is 31.6 Å². The van der Waals surface area contributed by atoms with Crippen LogP contribution in [0.1, 0.15) is 24.4 Å². The Hall–Kier alpha value is -1.95. The van der Waals surface area contributed by atoms with Gasteiger partial charge in [0.15, 0.2) is 11.6 Å². The number of aliphatic hydroxyl groups excluding tert-OH is 1. The van der Waals surface area contributed by atoms with Crippen molar-refractivity contribution >= 4 is 0 Å². The fourth-order valence-corrected chi connectivity index (χ4v) is 1.88. The van der Waals surface area contributed by atoms with E-state index in [9.17, 15) is 9.50 Å². The SMILES string of the molecule is CCn1ncnc1CC(O)c1ccc(F)c(OC)c1. The third-order valence-electron chi connectivity index (χ3n) is 2.93. The monoisotopic (exact) mass is 265 g/mol. The lowest BCUT2D eigenvalue weighted by Gasteiger charge is -2.12. The fraction of sp³-hybridized carbons (Fsp3) is 0.385. The summed E-state index contributed by atoms with van der Waals surface area (Å²) in [5.41, 5.74) is 0.587. The van der Waals surface area contributed by atoms with E-state index in [1.807, 2.05) is 6.92 Å². The van der Waals surface area contributed by atoms with Gasteiger partial charge in [-0.3, -0.25) is 4.68 Å². The summed E-state index contributed by atoms with van der Waals surface area (Å²) in [4.78, 5) is 4.10. The molecule has 0 radical (unpaired) electrons. The summed E-state index contributed by atoms with van der Waals surface area (Å²) in [7, 11) is 1.39. The van der Waals surface area contributed by atoms with Crippen LogP contribution in [0.5, 0.6) is 5.75 Å². The van der Waals surface area contributed by atoms with Crippen molar-refractivity contribution in [2.75, 3.05) is 7.11 Å². The van der Waals surface area contributed by atoms with Crippen molar-refractivity contribution in [3.05, 3.63) is 41.7 Å². The molecule has 0 aliphatic heterocycles. The first-order valence-electron chi connectivity index (χ1n) is 6.04. The Bertz CT molecular complexity index is 557. The predicted molar refractivity (Wildman–Crippen MR) is 67.3 cm³/mol. The number of hydrogen-bond donors (Lipinski definition) is 1. The van der Waals surface area contributed by atoms with Gasteiger partial charge in [0.25, 0.3) is 0 Å².